The lowest BCUT2D eigenvalue weighted by Gasteiger charge is -2.37. The van der Waals surface area contributed by atoms with Crippen LogP contribution in [0.4, 0.5) is 4.79 Å². The summed E-state index contributed by atoms with van der Waals surface area (Å²) in [7, 11) is 0. The van der Waals surface area contributed by atoms with Gasteiger partial charge in [-0.15, -0.1) is 0 Å². The van der Waals surface area contributed by atoms with Crippen LogP contribution < -0.4 is 10.6 Å². The average molecular weight is 354 g/mol. The van der Waals surface area contributed by atoms with Crippen molar-refractivity contribution in [2.75, 3.05) is 19.6 Å². The Bertz CT molecular complexity index is 704. The van der Waals surface area contributed by atoms with Crippen molar-refractivity contribution in [1.29, 1.82) is 5.26 Å². The Hall–Kier alpha value is -2.39. The maximum Gasteiger partial charge on any atom is 0.325 e. The molecule has 1 aromatic rings. The number of hydrogen-bond acceptors (Lipinski definition) is 4. The SMILES string of the molecule is CCCC1(C2CCNCC2)NC(=O)N(CCc2ccc(C#N)cc2)C1=O. The summed E-state index contributed by atoms with van der Waals surface area (Å²) in [6.45, 7) is 4.21. The molecular weight excluding hydrogens is 328 g/mol. The summed E-state index contributed by atoms with van der Waals surface area (Å²) in [5.41, 5.74) is 0.884. The van der Waals surface area contributed by atoms with Gasteiger partial charge in [0.2, 0.25) is 0 Å². The van der Waals surface area contributed by atoms with Crippen LogP contribution in [0.3, 0.4) is 0 Å². The van der Waals surface area contributed by atoms with Crippen LogP contribution in [0.15, 0.2) is 24.3 Å². The van der Waals surface area contributed by atoms with Gasteiger partial charge in [-0.05, 0) is 62.4 Å². The molecule has 0 aromatic heterocycles. The van der Waals surface area contributed by atoms with Crippen LogP contribution in [0, 0.1) is 17.2 Å². The van der Waals surface area contributed by atoms with Crippen molar-refractivity contribution in [2.24, 2.45) is 5.92 Å². The zero-order valence-corrected chi connectivity index (χ0v) is 15.3. The van der Waals surface area contributed by atoms with Crippen LogP contribution >= 0.6 is 0 Å². The summed E-state index contributed by atoms with van der Waals surface area (Å²) < 4.78 is 0. The van der Waals surface area contributed by atoms with Crippen LogP contribution in [0.1, 0.15) is 43.7 Å². The first kappa shape index (κ1) is 18.4. The fourth-order valence-electron chi connectivity index (χ4n) is 4.19. The number of amides is 3. The number of rotatable bonds is 6. The third-order valence-corrected chi connectivity index (χ3v) is 5.59. The van der Waals surface area contributed by atoms with Gasteiger partial charge in [-0.2, -0.15) is 5.26 Å². The molecule has 2 fully saturated rings. The standard InChI is InChI=1S/C20H26N4O2/c1-2-10-20(17-7-11-22-12-8-17)18(25)24(19(26)23-20)13-9-15-3-5-16(14-21)6-4-15/h3-6,17,22H,2,7-13H2,1H3,(H,23,26). The van der Waals surface area contributed by atoms with E-state index in [4.69, 9.17) is 5.26 Å². The number of nitrogens with one attached hydrogen (secondary N) is 2. The van der Waals surface area contributed by atoms with E-state index in [0.717, 1.165) is 37.9 Å². The smallest absolute Gasteiger partial charge is 0.323 e. The van der Waals surface area contributed by atoms with E-state index in [1.54, 1.807) is 12.1 Å². The molecule has 2 aliphatic heterocycles. The summed E-state index contributed by atoms with van der Waals surface area (Å²) in [6, 6.07) is 9.10. The minimum absolute atomic E-state index is 0.0649. The highest BCUT2D eigenvalue weighted by Gasteiger charge is 2.54. The van der Waals surface area contributed by atoms with E-state index in [1.807, 2.05) is 12.1 Å². The van der Waals surface area contributed by atoms with Crippen molar-refractivity contribution < 1.29 is 9.59 Å². The lowest BCUT2D eigenvalue weighted by Crippen LogP contribution is -2.55. The van der Waals surface area contributed by atoms with E-state index < -0.39 is 5.54 Å². The van der Waals surface area contributed by atoms with Crippen LogP contribution in [-0.4, -0.2) is 42.0 Å². The van der Waals surface area contributed by atoms with Crippen LogP contribution in [-0.2, 0) is 11.2 Å². The zero-order valence-electron chi connectivity index (χ0n) is 15.3. The predicted molar refractivity (Wildman–Crippen MR) is 98.3 cm³/mol. The normalized spacial score (nSPS) is 23.8. The number of benzene rings is 1. The van der Waals surface area contributed by atoms with Gasteiger partial charge in [-0.25, -0.2) is 4.79 Å². The molecule has 26 heavy (non-hydrogen) atoms. The molecule has 0 spiro atoms. The van der Waals surface area contributed by atoms with Crippen LogP contribution in [0.2, 0.25) is 0 Å². The molecule has 6 heteroatoms. The minimum Gasteiger partial charge on any atom is -0.323 e. The number of imide groups is 1. The maximum atomic E-state index is 13.2. The number of carbonyl (C=O) groups is 2. The molecule has 3 amide bonds. The van der Waals surface area contributed by atoms with E-state index in [0.29, 0.717) is 24.9 Å². The summed E-state index contributed by atoms with van der Waals surface area (Å²) in [4.78, 5) is 27.2. The van der Waals surface area contributed by atoms with Gasteiger partial charge in [-0.3, -0.25) is 9.69 Å². The first-order valence-corrected chi connectivity index (χ1v) is 9.44. The molecule has 2 aliphatic rings. The van der Waals surface area contributed by atoms with E-state index in [-0.39, 0.29) is 17.9 Å². The molecule has 0 aliphatic carbocycles. The summed E-state index contributed by atoms with van der Waals surface area (Å²) in [6.07, 6.45) is 3.97. The van der Waals surface area contributed by atoms with Crippen molar-refractivity contribution in [3.05, 3.63) is 35.4 Å². The number of hydrogen-bond donors (Lipinski definition) is 2. The molecule has 2 heterocycles. The molecular formula is C20H26N4O2. The third-order valence-electron chi connectivity index (χ3n) is 5.59. The topological polar surface area (TPSA) is 85.2 Å². The van der Waals surface area contributed by atoms with Crippen molar-refractivity contribution in [3.8, 4) is 6.07 Å². The number of carbonyl (C=O) groups excluding carboxylic acids is 2. The highest BCUT2D eigenvalue weighted by Crippen LogP contribution is 2.35. The fourth-order valence-corrected chi connectivity index (χ4v) is 4.19. The second-order valence-electron chi connectivity index (χ2n) is 7.19. The number of nitrogens with zero attached hydrogens (tertiary/aromatic N) is 2. The molecule has 138 valence electrons. The summed E-state index contributed by atoms with van der Waals surface area (Å²) in [5.74, 6) is 0.130. The van der Waals surface area contributed by atoms with E-state index >= 15 is 0 Å². The van der Waals surface area contributed by atoms with E-state index in [1.165, 1.54) is 4.90 Å². The number of urea groups is 1. The van der Waals surface area contributed by atoms with Crippen molar-refractivity contribution in [3.63, 3.8) is 0 Å². The molecule has 0 saturated carbocycles. The lowest BCUT2D eigenvalue weighted by atomic mass is 9.75. The second kappa shape index (κ2) is 7.88. The monoisotopic (exact) mass is 354 g/mol. The Morgan fingerprint density at radius 3 is 2.54 bits per heavy atom. The maximum absolute atomic E-state index is 13.2. The van der Waals surface area contributed by atoms with Crippen LogP contribution in [0.5, 0.6) is 0 Å². The highest BCUT2D eigenvalue weighted by atomic mass is 16.2. The summed E-state index contributed by atoms with van der Waals surface area (Å²) >= 11 is 0. The van der Waals surface area contributed by atoms with Gasteiger partial charge in [0.15, 0.2) is 0 Å². The fraction of sp³-hybridized carbons (Fsp3) is 0.550. The van der Waals surface area contributed by atoms with Crippen molar-refractivity contribution in [1.82, 2.24) is 15.5 Å². The molecule has 0 bridgehead atoms. The lowest BCUT2D eigenvalue weighted by molar-refractivity contribution is -0.134. The zero-order chi connectivity index (χ0) is 18.6. The molecule has 2 N–H and O–H groups in total. The average Bonchev–Trinajstić information content (AvgIpc) is 2.92. The molecule has 1 aromatic carbocycles. The van der Waals surface area contributed by atoms with Gasteiger partial charge < -0.3 is 10.6 Å². The Morgan fingerprint density at radius 1 is 1.23 bits per heavy atom. The Labute approximate surface area is 154 Å². The van der Waals surface area contributed by atoms with Gasteiger partial charge in [0.1, 0.15) is 5.54 Å². The van der Waals surface area contributed by atoms with Gasteiger partial charge >= 0.3 is 6.03 Å². The Balaban J connectivity index is 1.72. The molecule has 1 unspecified atom stereocenters. The Kier molecular flexibility index (Phi) is 5.58. The minimum atomic E-state index is -0.738. The summed E-state index contributed by atoms with van der Waals surface area (Å²) in [5, 5.41) is 15.3. The Morgan fingerprint density at radius 2 is 1.92 bits per heavy atom. The molecule has 0 radical (unpaired) electrons. The largest absolute Gasteiger partial charge is 0.325 e. The molecule has 3 rings (SSSR count). The van der Waals surface area contributed by atoms with Crippen molar-refractivity contribution in [2.45, 2.75) is 44.6 Å². The third kappa shape index (κ3) is 3.45. The van der Waals surface area contributed by atoms with Crippen LogP contribution in [0.25, 0.3) is 0 Å². The quantitative estimate of drug-likeness (QED) is 0.767. The van der Waals surface area contributed by atoms with Gasteiger partial charge in [-0.1, -0.05) is 25.5 Å². The first-order valence-electron chi connectivity index (χ1n) is 9.44. The van der Waals surface area contributed by atoms with E-state index in [2.05, 4.69) is 23.6 Å². The second-order valence-corrected chi connectivity index (χ2v) is 7.19. The number of piperidine rings is 1. The highest BCUT2D eigenvalue weighted by molar-refractivity contribution is 6.07. The predicted octanol–water partition coefficient (Wildman–Crippen LogP) is 2.19. The van der Waals surface area contributed by atoms with E-state index in [9.17, 15) is 9.59 Å². The van der Waals surface area contributed by atoms with Gasteiger partial charge in [0.05, 0.1) is 11.6 Å². The van der Waals surface area contributed by atoms with Gasteiger partial charge in [0.25, 0.3) is 5.91 Å². The van der Waals surface area contributed by atoms with Crippen molar-refractivity contribution >= 4 is 11.9 Å². The molecule has 6 nitrogen and oxygen atoms in total. The molecule has 2 saturated heterocycles. The van der Waals surface area contributed by atoms with Gasteiger partial charge in [0, 0.05) is 6.54 Å². The number of nitriles is 1. The molecule has 1 atom stereocenters. The first-order chi connectivity index (χ1) is 12.6.